The molecule has 0 aromatic carbocycles. The lowest BCUT2D eigenvalue weighted by atomic mass is 9.88. The van der Waals surface area contributed by atoms with Crippen LogP contribution in [-0.4, -0.2) is 71.4 Å². The molecule has 182 valence electrons. The standard InChI is InChI=1S/C26H36N6O2/c1-19(22-6-12-29-24(27)17-22)31-13-9-21(10-14-31)26(33)32-15-7-20(8-16-32)25(30-18-34-2)23-5-3-4-11-28-23/h3-6,11-12,17,19-21H,7-10,13-16,18H2,1-2H3,(H2,27,29). The summed E-state index contributed by atoms with van der Waals surface area (Å²) in [5, 5.41) is 0. The molecule has 1 atom stereocenters. The quantitative estimate of drug-likeness (QED) is 0.632. The van der Waals surface area contributed by atoms with E-state index in [4.69, 9.17) is 10.5 Å². The molecule has 2 aliphatic rings. The smallest absolute Gasteiger partial charge is 0.225 e. The molecule has 0 spiro atoms. The van der Waals surface area contributed by atoms with Gasteiger partial charge in [0.15, 0.2) is 0 Å². The van der Waals surface area contributed by atoms with Crippen molar-refractivity contribution in [1.29, 1.82) is 0 Å². The van der Waals surface area contributed by atoms with Crippen molar-refractivity contribution in [3.63, 3.8) is 0 Å². The molecule has 2 aromatic rings. The van der Waals surface area contributed by atoms with Crippen molar-refractivity contribution in [2.75, 3.05) is 45.8 Å². The van der Waals surface area contributed by atoms with Gasteiger partial charge in [-0.1, -0.05) is 6.07 Å². The van der Waals surface area contributed by atoms with Crippen LogP contribution in [-0.2, 0) is 9.53 Å². The van der Waals surface area contributed by atoms with Crippen molar-refractivity contribution in [2.24, 2.45) is 16.8 Å². The second-order valence-electron chi connectivity index (χ2n) is 9.28. The summed E-state index contributed by atoms with van der Waals surface area (Å²) in [7, 11) is 1.65. The maximum absolute atomic E-state index is 13.3. The fourth-order valence-corrected chi connectivity index (χ4v) is 5.17. The van der Waals surface area contributed by atoms with Gasteiger partial charge in [0.05, 0.1) is 11.4 Å². The van der Waals surface area contributed by atoms with E-state index in [9.17, 15) is 4.79 Å². The van der Waals surface area contributed by atoms with E-state index in [0.29, 0.717) is 24.4 Å². The summed E-state index contributed by atoms with van der Waals surface area (Å²) in [5.74, 6) is 1.27. The van der Waals surface area contributed by atoms with Crippen LogP contribution in [0, 0.1) is 11.8 Å². The second kappa shape index (κ2) is 11.5. The molecule has 0 bridgehead atoms. The predicted molar refractivity (Wildman–Crippen MR) is 133 cm³/mol. The summed E-state index contributed by atoms with van der Waals surface area (Å²) in [6, 6.07) is 10.1. The van der Waals surface area contributed by atoms with Crippen LogP contribution in [0.2, 0.25) is 0 Å². The van der Waals surface area contributed by atoms with Gasteiger partial charge in [-0.3, -0.25) is 19.7 Å². The molecule has 1 amide bonds. The number of rotatable bonds is 7. The van der Waals surface area contributed by atoms with Gasteiger partial charge >= 0.3 is 0 Å². The molecule has 2 N–H and O–H groups in total. The summed E-state index contributed by atoms with van der Waals surface area (Å²) >= 11 is 0. The number of ether oxygens (including phenoxy) is 1. The maximum atomic E-state index is 13.3. The minimum atomic E-state index is 0.111. The third kappa shape index (κ3) is 5.80. The van der Waals surface area contributed by atoms with Gasteiger partial charge in [0.1, 0.15) is 12.5 Å². The molecule has 2 aliphatic heterocycles. The first-order chi connectivity index (χ1) is 16.6. The maximum Gasteiger partial charge on any atom is 0.225 e. The molecule has 8 nitrogen and oxygen atoms in total. The van der Waals surface area contributed by atoms with Crippen molar-refractivity contribution >= 4 is 17.4 Å². The third-order valence-corrected chi connectivity index (χ3v) is 7.20. The molecule has 2 saturated heterocycles. The van der Waals surface area contributed by atoms with Crippen LogP contribution in [0.1, 0.15) is 49.9 Å². The highest BCUT2D eigenvalue weighted by Crippen LogP contribution is 2.29. The zero-order valence-corrected chi connectivity index (χ0v) is 20.3. The van der Waals surface area contributed by atoms with Crippen LogP contribution in [0.25, 0.3) is 0 Å². The summed E-state index contributed by atoms with van der Waals surface area (Å²) in [4.78, 5) is 31.0. The fourth-order valence-electron chi connectivity index (χ4n) is 5.17. The van der Waals surface area contributed by atoms with E-state index in [1.807, 2.05) is 30.3 Å². The zero-order valence-electron chi connectivity index (χ0n) is 20.3. The topological polar surface area (TPSA) is 96.9 Å². The molecule has 2 aromatic heterocycles. The Bertz CT molecular complexity index is 966. The number of piperidine rings is 2. The number of hydrogen-bond donors (Lipinski definition) is 1. The molecule has 0 aliphatic carbocycles. The van der Waals surface area contributed by atoms with E-state index in [1.54, 1.807) is 19.5 Å². The Morgan fingerprint density at radius 3 is 2.47 bits per heavy atom. The van der Waals surface area contributed by atoms with Crippen molar-refractivity contribution in [3.8, 4) is 0 Å². The van der Waals surface area contributed by atoms with Crippen LogP contribution >= 0.6 is 0 Å². The molecule has 4 heterocycles. The number of hydrogen-bond acceptors (Lipinski definition) is 7. The minimum absolute atomic E-state index is 0.111. The molecule has 0 saturated carbocycles. The highest BCUT2D eigenvalue weighted by Gasteiger charge is 2.33. The van der Waals surface area contributed by atoms with E-state index < -0.39 is 0 Å². The van der Waals surface area contributed by atoms with Crippen LogP contribution in [0.15, 0.2) is 47.7 Å². The number of methoxy groups -OCH3 is 1. The van der Waals surface area contributed by atoms with E-state index in [2.05, 4.69) is 31.7 Å². The van der Waals surface area contributed by atoms with Crippen molar-refractivity contribution in [1.82, 2.24) is 19.8 Å². The number of carbonyl (C=O) groups excluding carboxylic acids is 1. The average molecular weight is 465 g/mol. The molecule has 34 heavy (non-hydrogen) atoms. The van der Waals surface area contributed by atoms with Crippen LogP contribution in [0.4, 0.5) is 5.82 Å². The highest BCUT2D eigenvalue weighted by atomic mass is 16.5. The van der Waals surface area contributed by atoms with Crippen LogP contribution < -0.4 is 5.73 Å². The lowest BCUT2D eigenvalue weighted by molar-refractivity contribution is -0.138. The van der Waals surface area contributed by atoms with E-state index in [0.717, 1.165) is 63.3 Å². The molecule has 4 rings (SSSR count). The largest absolute Gasteiger partial charge is 0.384 e. The second-order valence-corrected chi connectivity index (χ2v) is 9.28. The van der Waals surface area contributed by atoms with Gasteiger partial charge in [-0.2, -0.15) is 0 Å². The van der Waals surface area contributed by atoms with Gasteiger partial charge in [0.2, 0.25) is 5.91 Å². The number of nitrogen functional groups attached to an aromatic ring is 1. The normalized spacial score (nSPS) is 19.8. The Kier molecular flexibility index (Phi) is 8.24. The van der Waals surface area contributed by atoms with Gasteiger partial charge in [-0.05, 0) is 75.5 Å². The van der Waals surface area contributed by atoms with Crippen molar-refractivity contribution < 1.29 is 9.53 Å². The number of amides is 1. The summed E-state index contributed by atoms with van der Waals surface area (Å²) < 4.78 is 5.19. The van der Waals surface area contributed by atoms with Gasteiger partial charge in [0.25, 0.3) is 0 Å². The number of anilines is 1. The monoisotopic (exact) mass is 464 g/mol. The van der Waals surface area contributed by atoms with Gasteiger partial charge in [-0.15, -0.1) is 0 Å². The predicted octanol–water partition coefficient (Wildman–Crippen LogP) is 3.16. The number of likely N-dealkylation sites (tertiary alicyclic amines) is 2. The van der Waals surface area contributed by atoms with Crippen molar-refractivity contribution in [3.05, 3.63) is 54.0 Å². The van der Waals surface area contributed by atoms with Crippen LogP contribution in [0.3, 0.4) is 0 Å². The first-order valence-corrected chi connectivity index (χ1v) is 12.3. The van der Waals surface area contributed by atoms with Gasteiger partial charge < -0.3 is 15.4 Å². The summed E-state index contributed by atoms with van der Waals surface area (Å²) in [5.41, 5.74) is 8.94. The Hall–Kier alpha value is -2.84. The molecule has 0 radical (unpaired) electrons. The Balaban J connectivity index is 1.30. The minimum Gasteiger partial charge on any atom is -0.384 e. The number of aromatic nitrogens is 2. The fraction of sp³-hybridized carbons (Fsp3) is 0.538. The number of aliphatic imine (C=N–C) groups is 1. The average Bonchev–Trinajstić information content (AvgIpc) is 2.89. The lowest BCUT2D eigenvalue weighted by Crippen LogP contribution is -2.46. The lowest BCUT2D eigenvalue weighted by Gasteiger charge is -2.39. The summed E-state index contributed by atoms with van der Waals surface area (Å²) in [6.45, 7) is 5.91. The van der Waals surface area contributed by atoms with Crippen molar-refractivity contribution in [2.45, 2.75) is 38.6 Å². The zero-order chi connectivity index (χ0) is 23.9. The summed E-state index contributed by atoms with van der Waals surface area (Å²) in [6.07, 6.45) is 7.18. The Labute approximate surface area is 202 Å². The molecule has 8 heteroatoms. The van der Waals surface area contributed by atoms with E-state index in [1.165, 1.54) is 5.56 Å². The molecule has 1 unspecified atom stereocenters. The molecular formula is C26H36N6O2. The number of nitrogens with zero attached hydrogens (tertiary/aromatic N) is 5. The van der Waals surface area contributed by atoms with Crippen LogP contribution in [0.5, 0.6) is 0 Å². The Morgan fingerprint density at radius 1 is 1.09 bits per heavy atom. The number of nitrogens with two attached hydrogens (primary N) is 1. The number of pyridine rings is 2. The first-order valence-electron chi connectivity index (χ1n) is 12.3. The first kappa shape index (κ1) is 24.3. The number of carbonyl (C=O) groups is 1. The van der Waals surface area contributed by atoms with Gasteiger partial charge in [-0.25, -0.2) is 4.98 Å². The Morgan fingerprint density at radius 2 is 1.82 bits per heavy atom. The van der Waals surface area contributed by atoms with E-state index >= 15 is 0 Å². The third-order valence-electron chi connectivity index (χ3n) is 7.20. The SMILES string of the molecule is COCN=C(c1ccccn1)C1CCN(C(=O)C2CCN(C(C)c3ccnc(N)c3)CC2)CC1. The van der Waals surface area contributed by atoms with Gasteiger partial charge in [0, 0.05) is 50.5 Å². The highest BCUT2D eigenvalue weighted by molar-refractivity contribution is 6.00. The molecule has 2 fully saturated rings. The van der Waals surface area contributed by atoms with E-state index in [-0.39, 0.29) is 12.0 Å². The molecular weight excluding hydrogens is 428 g/mol.